The molecular weight excluding hydrogens is 391 g/mol. The van der Waals surface area contributed by atoms with Gasteiger partial charge in [0.1, 0.15) is 18.2 Å². The summed E-state index contributed by atoms with van der Waals surface area (Å²) in [7, 11) is 0. The van der Waals surface area contributed by atoms with Crippen molar-refractivity contribution in [1.29, 1.82) is 0 Å². The second-order valence-corrected chi connectivity index (χ2v) is 7.71. The Balaban J connectivity index is 1.28. The van der Waals surface area contributed by atoms with Crippen LogP contribution in [0.4, 0.5) is 4.39 Å². The molecular formula is C22H19FN2O3S. The normalized spacial score (nSPS) is 11.8. The van der Waals surface area contributed by atoms with Gasteiger partial charge in [0.2, 0.25) is 5.91 Å². The summed E-state index contributed by atoms with van der Waals surface area (Å²) in [6.45, 7) is 1.06. The highest BCUT2D eigenvalue weighted by atomic mass is 32.1. The topological polar surface area (TPSA) is 67.4 Å². The number of amides is 2. The zero-order valence-corrected chi connectivity index (χ0v) is 16.4. The summed E-state index contributed by atoms with van der Waals surface area (Å²) < 4.78 is 18.9. The maximum absolute atomic E-state index is 13.2. The van der Waals surface area contributed by atoms with E-state index in [1.807, 2.05) is 30.3 Å². The number of hydrogen-bond acceptors (Lipinski definition) is 4. The summed E-state index contributed by atoms with van der Waals surface area (Å²) in [5.41, 5.74) is 2.61. The van der Waals surface area contributed by atoms with Crippen LogP contribution in [0.15, 0.2) is 54.6 Å². The second kappa shape index (κ2) is 8.45. The maximum Gasteiger partial charge on any atom is 0.261 e. The highest BCUT2D eigenvalue weighted by molar-refractivity contribution is 7.17. The zero-order chi connectivity index (χ0) is 20.2. The van der Waals surface area contributed by atoms with Crippen molar-refractivity contribution in [2.24, 2.45) is 0 Å². The van der Waals surface area contributed by atoms with Crippen molar-refractivity contribution < 1.29 is 18.7 Å². The van der Waals surface area contributed by atoms with Gasteiger partial charge >= 0.3 is 0 Å². The third kappa shape index (κ3) is 4.46. The van der Waals surface area contributed by atoms with Crippen LogP contribution in [0.2, 0.25) is 0 Å². The van der Waals surface area contributed by atoms with Gasteiger partial charge in [-0.3, -0.25) is 9.59 Å². The van der Waals surface area contributed by atoms with Gasteiger partial charge in [-0.1, -0.05) is 24.3 Å². The summed E-state index contributed by atoms with van der Waals surface area (Å²) in [5, 5.41) is 5.54. The van der Waals surface area contributed by atoms with Crippen molar-refractivity contribution in [3.63, 3.8) is 0 Å². The molecule has 0 saturated heterocycles. The van der Waals surface area contributed by atoms with E-state index in [0.717, 1.165) is 21.8 Å². The number of carbonyl (C=O) groups excluding carboxylic acids is 2. The number of halogens is 1. The number of rotatable bonds is 6. The number of hydrogen-bond donors (Lipinski definition) is 2. The molecule has 0 radical (unpaired) electrons. The number of thiophene rings is 1. The van der Waals surface area contributed by atoms with Crippen molar-refractivity contribution in [3.05, 3.63) is 76.4 Å². The molecule has 0 unspecified atom stereocenters. The Hall–Kier alpha value is -3.19. The van der Waals surface area contributed by atoms with E-state index in [0.29, 0.717) is 30.1 Å². The van der Waals surface area contributed by atoms with Crippen LogP contribution in [0, 0.1) is 5.82 Å². The Morgan fingerprint density at radius 3 is 2.72 bits per heavy atom. The molecule has 3 aromatic rings. The van der Waals surface area contributed by atoms with Crippen molar-refractivity contribution in [2.45, 2.75) is 13.0 Å². The number of carbonyl (C=O) groups is 2. The molecule has 7 heteroatoms. The fourth-order valence-electron chi connectivity index (χ4n) is 3.17. The van der Waals surface area contributed by atoms with E-state index in [2.05, 4.69) is 10.6 Å². The number of fused-ring (bicyclic) bond motifs is 3. The highest BCUT2D eigenvalue weighted by Crippen LogP contribution is 2.42. The Labute approximate surface area is 171 Å². The van der Waals surface area contributed by atoms with Gasteiger partial charge < -0.3 is 15.4 Å². The molecule has 0 bridgehead atoms. The van der Waals surface area contributed by atoms with Crippen LogP contribution < -0.4 is 15.4 Å². The van der Waals surface area contributed by atoms with Crippen LogP contribution in [0.5, 0.6) is 5.75 Å². The Morgan fingerprint density at radius 1 is 1.03 bits per heavy atom. The van der Waals surface area contributed by atoms with Gasteiger partial charge in [-0.15, -0.1) is 11.3 Å². The van der Waals surface area contributed by atoms with Gasteiger partial charge in [0.15, 0.2) is 0 Å². The molecule has 2 N–H and O–H groups in total. The summed E-state index contributed by atoms with van der Waals surface area (Å²) in [4.78, 5) is 26.0. The average molecular weight is 410 g/mol. The van der Waals surface area contributed by atoms with E-state index in [4.69, 9.17) is 4.74 Å². The van der Waals surface area contributed by atoms with Crippen LogP contribution in [0.25, 0.3) is 10.4 Å². The molecule has 0 fully saturated rings. The van der Waals surface area contributed by atoms with E-state index in [-0.39, 0.29) is 24.1 Å². The molecule has 0 saturated carbocycles. The lowest BCUT2D eigenvalue weighted by molar-refractivity contribution is -0.120. The quantitative estimate of drug-likeness (QED) is 0.611. The van der Waals surface area contributed by atoms with Crippen LogP contribution in [-0.2, 0) is 17.8 Å². The molecule has 1 aliphatic rings. The summed E-state index contributed by atoms with van der Waals surface area (Å²) in [5.74, 6) is 0.0653. The number of ether oxygens (including phenoxy) is 1. The first-order valence-electron chi connectivity index (χ1n) is 9.24. The molecule has 0 atom stereocenters. The highest BCUT2D eigenvalue weighted by Gasteiger charge is 2.22. The van der Waals surface area contributed by atoms with Crippen molar-refractivity contribution in [3.8, 4) is 16.2 Å². The first kappa shape index (κ1) is 19.1. The van der Waals surface area contributed by atoms with Gasteiger partial charge in [0.05, 0.1) is 11.3 Å². The molecule has 0 aliphatic carbocycles. The first-order chi connectivity index (χ1) is 14.1. The summed E-state index contributed by atoms with van der Waals surface area (Å²) >= 11 is 1.44. The largest absolute Gasteiger partial charge is 0.488 e. The fraction of sp³-hybridized carbons (Fsp3) is 0.182. The van der Waals surface area contributed by atoms with E-state index in [1.165, 1.54) is 23.5 Å². The lowest BCUT2D eigenvalue weighted by Gasteiger charge is -2.16. The van der Waals surface area contributed by atoms with E-state index in [9.17, 15) is 14.0 Å². The lowest BCUT2D eigenvalue weighted by Crippen LogP contribution is -2.35. The fourth-order valence-corrected chi connectivity index (χ4v) is 4.28. The van der Waals surface area contributed by atoms with E-state index >= 15 is 0 Å². The third-order valence-corrected chi connectivity index (χ3v) is 5.74. The SMILES string of the molecule is O=C(Cc1cccc(F)c1)NCCNC(=O)c1cc2c(s1)-c1ccccc1OC2. The van der Waals surface area contributed by atoms with Gasteiger partial charge in [0.25, 0.3) is 5.91 Å². The first-order valence-corrected chi connectivity index (χ1v) is 10.1. The van der Waals surface area contributed by atoms with Crippen LogP contribution in [0.1, 0.15) is 20.8 Å². The summed E-state index contributed by atoms with van der Waals surface area (Å²) in [6.07, 6.45) is 0.1000. The molecule has 2 heterocycles. The number of benzene rings is 2. The van der Waals surface area contributed by atoms with Crippen LogP contribution in [0.3, 0.4) is 0 Å². The molecule has 4 rings (SSSR count). The standard InChI is InChI=1S/C22H19FN2O3S/c23-16-5-3-4-14(10-16)11-20(26)24-8-9-25-22(27)19-12-15-13-28-18-7-2-1-6-17(18)21(15)29-19/h1-7,10,12H,8-9,11,13H2,(H,24,26)(H,25,27). The third-order valence-electron chi connectivity index (χ3n) is 4.53. The second-order valence-electron chi connectivity index (χ2n) is 6.66. The molecule has 5 nitrogen and oxygen atoms in total. The Kier molecular flexibility index (Phi) is 5.57. The van der Waals surface area contributed by atoms with Crippen molar-refractivity contribution in [2.75, 3.05) is 13.1 Å². The van der Waals surface area contributed by atoms with Gasteiger partial charge in [-0.2, -0.15) is 0 Å². The minimum Gasteiger partial charge on any atom is -0.488 e. The minimum absolute atomic E-state index is 0.1000. The van der Waals surface area contributed by atoms with E-state index < -0.39 is 0 Å². The molecule has 0 spiro atoms. The van der Waals surface area contributed by atoms with Crippen LogP contribution >= 0.6 is 11.3 Å². The molecule has 148 valence electrons. The van der Waals surface area contributed by atoms with Crippen molar-refractivity contribution in [1.82, 2.24) is 10.6 Å². The van der Waals surface area contributed by atoms with Gasteiger partial charge in [0, 0.05) is 29.1 Å². The predicted octanol–water partition coefficient (Wildman–Crippen LogP) is 3.54. The van der Waals surface area contributed by atoms with Gasteiger partial charge in [-0.05, 0) is 35.9 Å². The number of nitrogens with one attached hydrogen (secondary N) is 2. The van der Waals surface area contributed by atoms with Gasteiger partial charge in [-0.25, -0.2) is 4.39 Å². The zero-order valence-electron chi connectivity index (χ0n) is 15.5. The van der Waals surface area contributed by atoms with E-state index in [1.54, 1.807) is 12.1 Å². The average Bonchev–Trinajstić information content (AvgIpc) is 3.16. The lowest BCUT2D eigenvalue weighted by atomic mass is 10.1. The molecule has 2 amide bonds. The van der Waals surface area contributed by atoms with Crippen molar-refractivity contribution >= 4 is 23.2 Å². The molecule has 1 aliphatic heterocycles. The molecule has 29 heavy (non-hydrogen) atoms. The maximum atomic E-state index is 13.2. The van der Waals surface area contributed by atoms with Crippen LogP contribution in [-0.4, -0.2) is 24.9 Å². The predicted molar refractivity (Wildman–Crippen MR) is 110 cm³/mol. The molecule has 2 aromatic carbocycles. The number of para-hydroxylation sites is 1. The smallest absolute Gasteiger partial charge is 0.261 e. The molecule has 1 aromatic heterocycles. The minimum atomic E-state index is -0.366. The Bertz CT molecular complexity index is 1060. The Morgan fingerprint density at radius 2 is 1.86 bits per heavy atom. The monoisotopic (exact) mass is 410 g/mol. The summed E-state index contributed by atoms with van der Waals surface area (Å²) in [6, 6.07) is 15.6.